The zero-order chi connectivity index (χ0) is 16.2. The molecule has 1 aromatic carbocycles. The SMILES string of the molecule is CCCc1ccc(N2CC(C(=O)NCC3CNC3)CC2=O)cc1. The minimum absolute atomic E-state index is 0.00959. The van der Waals surface area contributed by atoms with Crippen molar-refractivity contribution in [3.05, 3.63) is 29.8 Å². The van der Waals surface area contributed by atoms with Crippen molar-refractivity contribution in [2.75, 3.05) is 31.1 Å². The number of anilines is 1. The third-order valence-corrected chi connectivity index (χ3v) is 4.71. The Bertz CT molecular complexity index is 566. The lowest BCUT2D eigenvalue weighted by atomic mass is 10.0. The normalized spacial score (nSPS) is 21.3. The van der Waals surface area contributed by atoms with Gasteiger partial charge in [-0.2, -0.15) is 0 Å². The summed E-state index contributed by atoms with van der Waals surface area (Å²) in [6.45, 7) is 5.30. The molecule has 2 N–H and O–H groups in total. The smallest absolute Gasteiger partial charge is 0.227 e. The van der Waals surface area contributed by atoms with Crippen molar-refractivity contribution in [3.63, 3.8) is 0 Å². The summed E-state index contributed by atoms with van der Waals surface area (Å²) in [6, 6.07) is 8.12. The molecule has 1 aromatic rings. The number of carbonyl (C=O) groups excluding carboxylic acids is 2. The molecule has 2 aliphatic rings. The molecule has 0 aromatic heterocycles. The van der Waals surface area contributed by atoms with Crippen molar-refractivity contribution in [2.24, 2.45) is 11.8 Å². The van der Waals surface area contributed by atoms with Gasteiger partial charge in [0.15, 0.2) is 0 Å². The van der Waals surface area contributed by atoms with Crippen LogP contribution in [0.3, 0.4) is 0 Å². The number of hydrogen-bond acceptors (Lipinski definition) is 3. The third kappa shape index (κ3) is 3.72. The Morgan fingerprint density at radius 1 is 1.30 bits per heavy atom. The number of amides is 2. The van der Waals surface area contributed by atoms with Crippen molar-refractivity contribution in [1.82, 2.24) is 10.6 Å². The largest absolute Gasteiger partial charge is 0.355 e. The van der Waals surface area contributed by atoms with Crippen molar-refractivity contribution in [1.29, 1.82) is 0 Å². The van der Waals surface area contributed by atoms with E-state index in [-0.39, 0.29) is 17.7 Å². The maximum Gasteiger partial charge on any atom is 0.227 e. The van der Waals surface area contributed by atoms with Crippen LogP contribution >= 0.6 is 0 Å². The molecule has 1 unspecified atom stereocenters. The summed E-state index contributed by atoms with van der Waals surface area (Å²) in [6.07, 6.45) is 2.47. The van der Waals surface area contributed by atoms with Crippen LogP contribution in [0.4, 0.5) is 5.69 Å². The van der Waals surface area contributed by atoms with E-state index < -0.39 is 0 Å². The second-order valence-corrected chi connectivity index (χ2v) is 6.59. The molecule has 124 valence electrons. The molecule has 2 amide bonds. The molecule has 0 radical (unpaired) electrons. The van der Waals surface area contributed by atoms with Gasteiger partial charge >= 0.3 is 0 Å². The molecule has 0 bridgehead atoms. The Labute approximate surface area is 137 Å². The van der Waals surface area contributed by atoms with Gasteiger partial charge in [-0.1, -0.05) is 25.5 Å². The van der Waals surface area contributed by atoms with E-state index >= 15 is 0 Å². The van der Waals surface area contributed by atoms with Crippen LogP contribution in [0.2, 0.25) is 0 Å². The second kappa shape index (κ2) is 7.13. The van der Waals surface area contributed by atoms with Gasteiger partial charge in [0.1, 0.15) is 0 Å². The molecule has 2 fully saturated rings. The topological polar surface area (TPSA) is 61.4 Å². The van der Waals surface area contributed by atoms with Crippen molar-refractivity contribution >= 4 is 17.5 Å². The van der Waals surface area contributed by atoms with Crippen LogP contribution in [0, 0.1) is 11.8 Å². The molecule has 0 spiro atoms. The number of benzene rings is 1. The van der Waals surface area contributed by atoms with Gasteiger partial charge < -0.3 is 15.5 Å². The Balaban J connectivity index is 1.56. The highest BCUT2D eigenvalue weighted by Crippen LogP contribution is 2.25. The minimum Gasteiger partial charge on any atom is -0.355 e. The Morgan fingerprint density at radius 3 is 2.65 bits per heavy atom. The number of nitrogens with one attached hydrogen (secondary N) is 2. The summed E-state index contributed by atoms with van der Waals surface area (Å²) >= 11 is 0. The van der Waals surface area contributed by atoms with Crippen LogP contribution in [-0.4, -0.2) is 38.0 Å². The third-order valence-electron chi connectivity index (χ3n) is 4.71. The van der Waals surface area contributed by atoms with Gasteiger partial charge in [0.25, 0.3) is 0 Å². The molecule has 0 saturated carbocycles. The highest BCUT2D eigenvalue weighted by atomic mass is 16.2. The van der Waals surface area contributed by atoms with Crippen LogP contribution in [-0.2, 0) is 16.0 Å². The van der Waals surface area contributed by atoms with Gasteiger partial charge in [0, 0.05) is 44.2 Å². The molecule has 2 aliphatic heterocycles. The molecule has 23 heavy (non-hydrogen) atoms. The highest BCUT2D eigenvalue weighted by molar-refractivity contribution is 6.00. The first-order valence-corrected chi connectivity index (χ1v) is 8.55. The van der Waals surface area contributed by atoms with E-state index in [1.807, 2.05) is 12.1 Å². The van der Waals surface area contributed by atoms with E-state index in [2.05, 4.69) is 29.7 Å². The zero-order valence-corrected chi connectivity index (χ0v) is 13.7. The highest BCUT2D eigenvalue weighted by Gasteiger charge is 2.35. The summed E-state index contributed by atoms with van der Waals surface area (Å²) in [5.74, 6) is 0.359. The first-order valence-electron chi connectivity index (χ1n) is 8.55. The zero-order valence-electron chi connectivity index (χ0n) is 13.7. The van der Waals surface area contributed by atoms with Gasteiger partial charge in [-0.05, 0) is 24.1 Å². The van der Waals surface area contributed by atoms with Crippen LogP contribution < -0.4 is 15.5 Å². The summed E-state index contributed by atoms with van der Waals surface area (Å²) in [7, 11) is 0. The van der Waals surface area contributed by atoms with Gasteiger partial charge in [-0.25, -0.2) is 0 Å². The number of hydrogen-bond donors (Lipinski definition) is 2. The van der Waals surface area contributed by atoms with Gasteiger partial charge in [-0.3, -0.25) is 9.59 Å². The minimum atomic E-state index is -0.231. The molecule has 1 atom stereocenters. The van der Waals surface area contributed by atoms with Gasteiger partial charge in [0.2, 0.25) is 11.8 Å². The fourth-order valence-electron chi connectivity index (χ4n) is 3.15. The lowest BCUT2D eigenvalue weighted by Crippen LogP contribution is -2.49. The van der Waals surface area contributed by atoms with E-state index in [0.717, 1.165) is 31.6 Å². The van der Waals surface area contributed by atoms with E-state index in [9.17, 15) is 9.59 Å². The summed E-state index contributed by atoms with van der Waals surface area (Å²) < 4.78 is 0. The van der Waals surface area contributed by atoms with Crippen LogP contribution in [0.1, 0.15) is 25.3 Å². The number of nitrogens with zero attached hydrogens (tertiary/aromatic N) is 1. The molecule has 2 saturated heterocycles. The molecule has 0 aliphatic carbocycles. The maximum absolute atomic E-state index is 12.2. The standard InChI is InChI=1S/C18H25N3O2/c1-2-3-13-4-6-16(7-5-13)21-12-15(8-17(21)22)18(23)20-11-14-9-19-10-14/h4-7,14-15,19H,2-3,8-12H2,1H3,(H,20,23). The second-order valence-electron chi connectivity index (χ2n) is 6.59. The number of rotatable bonds is 6. The van der Waals surface area contributed by atoms with E-state index in [1.165, 1.54) is 5.56 Å². The lowest BCUT2D eigenvalue weighted by molar-refractivity contribution is -0.126. The number of carbonyl (C=O) groups is 2. The summed E-state index contributed by atoms with van der Waals surface area (Å²) in [5.41, 5.74) is 2.18. The van der Waals surface area contributed by atoms with Crippen LogP contribution in [0.15, 0.2) is 24.3 Å². The van der Waals surface area contributed by atoms with E-state index in [0.29, 0.717) is 25.4 Å². The Hall–Kier alpha value is -1.88. The van der Waals surface area contributed by atoms with E-state index in [1.54, 1.807) is 4.90 Å². The predicted octanol–water partition coefficient (Wildman–Crippen LogP) is 1.33. The maximum atomic E-state index is 12.2. The number of aryl methyl sites for hydroxylation is 1. The van der Waals surface area contributed by atoms with E-state index in [4.69, 9.17) is 0 Å². The molecule has 2 heterocycles. The molecule has 5 heteroatoms. The molecular weight excluding hydrogens is 290 g/mol. The van der Waals surface area contributed by atoms with Crippen LogP contribution in [0.25, 0.3) is 0 Å². The Morgan fingerprint density at radius 2 is 2.04 bits per heavy atom. The summed E-state index contributed by atoms with van der Waals surface area (Å²) in [5, 5.41) is 6.18. The predicted molar refractivity (Wildman–Crippen MR) is 90.3 cm³/mol. The molecular formula is C18H25N3O2. The quantitative estimate of drug-likeness (QED) is 0.832. The van der Waals surface area contributed by atoms with Gasteiger partial charge in [-0.15, -0.1) is 0 Å². The summed E-state index contributed by atoms with van der Waals surface area (Å²) in [4.78, 5) is 26.2. The average Bonchev–Trinajstić information content (AvgIpc) is 2.89. The fraction of sp³-hybridized carbons (Fsp3) is 0.556. The lowest BCUT2D eigenvalue weighted by Gasteiger charge is -2.27. The van der Waals surface area contributed by atoms with Crippen LogP contribution in [0.5, 0.6) is 0 Å². The van der Waals surface area contributed by atoms with Gasteiger partial charge in [0.05, 0.1) is 5.92 Å². The van der Waals surface area contributed by atoms with Crippen molar-refractivity contribution in [3.8, 4) is 0 Å². The monoisotopic (exact) mass is 315 g/mol. The Kier molecular flexibility index (Phi) is 4.96. The van der Waals surface area contributed by atoms with Crippen molar-refractivity contribution < 1.29 is 9.59 Å². The fourth-order valence-corrected chi connectivity index (χ4v) is 3.15. The van der Waals surface area contributed by atoms with Crippen molar-refractivity contribution in [2.45, 2.75) is 26.2 Å². The first kappa shape index (κ1) is 16.0. The molecule has 3 rings (SSSR count). The first-order chi connectivity index (χ1) is 11.2. The average molecular weight is 315 g/mol. The molecule has 5 nitrogen and oxygen atoms in total.